The molecule has 1 unspecified atom stereocenters. The molecular weight excluding hydrogens is 474 g/mol. The molecule has 36 heavy (non-hydrogen) atoms. The summed E-state index contributed by atoms with van der Waals surface area (Å²) >= 11 is 5.12. The normalized spacial score (nSPS) is 11.2. The topological polar surface area (TPSA) is 88.7 Å². The lowest BCUT2D eigenvalue weighted by atomic mass is 9.98. The van der Waals surface area contributed by atoms with E-state index in [2.05, 4.69) is 30.0 Å². The fourth-order valence-electron chi connectivity index (χ4n) is 3.41. The zero-order valence-electron chi connectivity index (χ0n) is 20.5. The monoisotopic (exact) mass is 505 g/mol. The van der Waals surface area contributed by atoms with Crippen LogP contribution in [0.1, 0.15) is 47.7 Å². The van der Waals surface area contributed by atoms with Gasteiger partial charge in [0.15, 0.2) is 11.7 Å². The van der Waals surface area contributed by atoms with Gasteiger partial charge in [-0.2, -0.15) is 0 Å². The van der Waals surface area contributed by atoms with Crippen LogP contribution in [0.5, 0.6) is 11.5 Å². The Morgan fingerprint density at radius 2 is 1.67 bits per heavy atom. The van der Waals surface area contributed by atoms with Gasteiger partial charge < -0.3 is 9.47 Å². The Labute approximate surface area is 217 Å². The minimum atomic E-state index is -0.431. The van der Waals surface area contributed by atoms with Crippen molar-refractivity contribution in [2.24, 2.45) is 0 Å². The Balaban J connectivity index is 1.42. The van der Waals surface area contributed by atoms with Crippen molar-refractivity contribution in [3.8, 4) is 11.5 Å². The van der Waals surface area contributed by atoms with Crippen molar-refractivity contribution in [2.75, 3.05) is 13.2 Å². The van der Waals surface area contributed by atoms with Gasteiger partial charge in [-0.05, 0) is 59.9 Å². The summed E-state index contributed by atoms with van der Waals surface area (Å²) in [6.45, 7) is 4.50. The summed E-state index contributed by atoms with van der Waals surface area (Å²) in [7, 11) is 0. The second kappa shape index (κ2) is 13.8. The van der Waals surface area contributed by atoms with Crippen LogP contribution in [-0.4, -0.2) is 30.1 Å². The van der Waals surface area contributed by atoms with Gasteiger partial charge in [0, 0.05) is 12.0 Å². The summed E-state index contributed by atoms with van der Waals surface area (Å²) in [6, 6.07) is 24.5. The number of hydrazine groups is 1. The molecule has 7 nitrogen and oxygen atoms in total. The van der Waals surface area contributed by atoms with Crippen LogP contribution in [0.3, 0.4) is 0 Å². The van der Waals surface area contributed by atoms with Gasteiger partial charge in [-0.25, -0.2) is 0 Å². The molecule has 2 amide bonds. The van der Waals surface area contributed by atoms with E-state index in [1.165, 1.54) is 5.56 Å². The Hall–Kier alpha value is -3.91. The standard InChI is InChI=1S/C28H31N3O4S/c1-3-20(2)24-14-7-8-15-25(24)35-19-26(32)30-31-28(36)29-27(33)22-12-9-13-23(18-22)34-17-16-21-10-5-4-6-11-21/h4-15,18,20H,3,16-17,19H2,1-2H3,(H,30,32)(H2,29,31,33,36). The Morgan fingerprint density at radius 1 is 0.917 bits per heavy atom. The highest BCUT2D eigenvalue weighted by Gasteiger charge is 2.12. The predicted octanol–water partition coefficient (Wildman–Crippen LogP) is 4.54. The number of benzene rings is 3. The molecular formula is C28H31N3O4S. The number of hydrogen-bond acceptors (Lipinski definition) is 5. The minimum absolute atomic E-state index is 0.0382. The van der Waals surface area contributed by atoms with Crippen LogP contribution in [0, 0.1) is 0 Å². The van der Waals surface area contributed by atoms with Crippen LogP contribution in [0.4, 0.5) is 0 Å². The van der Waals surface area contributed by atoms with Crippen molar-refractivity contribution in [1.29, 1.82) is 0 Å². The fourth-order valence-corrected chi connectivity index (χ4v) is 3.55. The predicted molar refractivity (Wildman–Crippen MR) is 144 cm³/mol. The smallest absolute Gasteiger partial charge is 0.276 e. The molecule has 0 aliphatic carbocycles. The maximum atomic E-state index is 12.6. The zero-order chi connectivity index (χ0) is 25.8. The number of hydrogen-bond donors (Lipinski definition) is 3. The second-order valence-electron chi connectivity index (χ2n) is 8.20. The van der Waals surface area contributed by atoms with E-state index in [0.29, 0.717) is 29.6 Å². The van der Waals surface area contributed by atoms with E-state index in [0.717, 1.165) is 18.4 Å². The first kappa shape index (κ1) is 26.7. The van der Waals surface area contributed by atoms with Gasteiger partial charge in [0.1, 0.15) is 11.5 Å². The highest BCUT2D eigenvalue weighted by Crippen LogP contribution is 2.28. The average molecular weight is 506 g/mol. The average Bonchev–Trinajstić information content (AvgIpc) is 2.91. The molecule has 0 spiro atoms. The van der Waals surface area contributed by atoms with Crippen molar-refractivity contribution in [3.05, 3.63) is 95.6 Å². The lowest BCUT2D eigenvalue weighted by Crippen LogP contribution is -2.49. The van der Waals surface area contributed by atoms with Crippen LogP contribution in [0.15, 0.2) is 78.9 Å². The van der Waals surface area contributed by atoms with Gasteiger partial charge in [0.05, 0.1) is 6.61 Å². The molecule has 0 aliphatic heterocycles. The third-order valence-electron chi connectivity index (χ3n) is 5.56. The molecule has 0 bridgehead atoms. The van der Waals surface area contributed by atoms with E-state index in [1.807, 2.05) is 54.6 Å². The van der Waals surface area contributed by atoms with Crippen LogP contribution in [0.2, 0.25) is 0 Å². The number of amides is 2. The SMILES string of the molecule is CCC(C)c1ccccc1OCC(=O)NNC(=S)NC(=O)c1cccc(OCCc2ccccc2)c1. The lowest BCUT2D eigenvalue weighted by Gasteiger charge is -2.16. The number of nitrogens with one attached hydrogen (secondary N) is 3. The number of rotatable bonds is 10. The molecule has 8 heteroatoms. The van der Waals surface area contributed by atoms with Crippen molar-refractivity contribution in [1.82, 2.24) is 16.2 Å². The van der Waals surface area contributed by atoms with Crippen LogP contribution >= 0.6 is 12.2 Å². The van der Waals surface area contributed by atoms with Crippen LogP contribution in [0.25, 0.3) is 0 Å². The number of carbonyl (C=O) groups is 2. The molecule has 0 saturated heterocycles. The molecule has 1 atom stereocenters. The molecule has 0 aromatic heterocycles. The van der Waals surface area contributed by atoms with E-state index >= 15 is 0 Å². The lowest BCUT2D eigenvalue weighted by molar-refractivity contribution is -0.123. The molecule has 3 aromatic carbocycles. The highest BCUT2D eigenvalue weighted by molar-refractivity contribution is 7.80. The van der Waals surface area contributed by atoms with Crippen molar-refractivity contribution in [2.45, 2.75) is 32.6 Å². The summed E-state index contributed by atoms with van der Waals surface area (Å²) in [4.78, 5) is 24.7. The molecule has 0 saturated carbocycles. The largest absolute Gasteiger partial charge is 0.493 e. The summed E-state index contributed by atoms with van der Waals surface area (Å²) < 4.78 is 11.5. The molecule has 188 valence electrons. The van der Waals surface area contributed by atoms with Crippen molar-refractivity contribution < 1.29 is 19.1 Å². The molecule has 0 radical (unpaired) electrons. The Kier molecular flexibility index (Phi) is 10.3. The number of ether oxygens (including phenoxy) is 2. The van der Waals surface area contributed by atoms with Gasteiger partial charge in [-0.15, -0.1) is 0 Å². The third kappa shape index (κ3) is 8.39. The highest BCUT2D eigenvalue weighted by atomic mass is 32.1. The molecule has 3 N–H and O–H groups in total. The first-order chi connectivity index (χ1) is 17.5. The quantitative estimate of drug-likeness (QED) is 0.277. The second-order valence-corrected chi connectivity index (χ2v) is 8.61. The van der Waals surface area contributed by atoms with Gasteiger partial charge >= 0.3 is 0 Å². The summed E-state index contributed by atoms with van der Waals surface area (Å²) in [5.74, 6) is 0.718. The van der Waals surface area contributed by atoms with E-state index in [9.17, 15) is 9.59 Å². The third-order valence-corrected chi connectivity index (χ3v) is 5.77. The maximum Gasteiger partial charge on any atom is 0.276 e. The van der Waals surface area contributed by atoms with Gasteiger partial charge in [-0.3, -0.25) is 25.8 Å². The first-order valence-electron chi connectivity index (χ1n) is 11.8. The van der Waals surface area contributed by atoms with E-state index in [1.54, 1.807) is 24.3 Å². The van der Waals surface area contributed by atoms with Gasteiger partial charge in [0.2, 0.25) is 0 Å². The summed E-state index contributed by atoms with van der Waals surface area (Å²) in [5.41, 5.74) is 7.56. The van der Waals surface area contributed by atoms with Gasteiger partial charge in [0.25, 0.3) is 11.8 Å². The van der Waals surface area contributed by atoms with Crippen LogP contribution in [-0.2, 0) is 11.2 Å². The van der Waals surface area contributed by atoms with Gasteiger partial charge in [-0.1, -0.05) is 68.4 Å². The first-order valence-corrected chi connectivity index (χ1v) is 12.3. The zero-order valence-corrected chi connectivity index (χ0v) is 21.3. The van der Waals surface area contributed by atoms with E-state index < -0.39 is 11.8 Å². The minimum Gasteiger partial charge on any atom is -0.493 e. The molecule has 0 fully saturated rings. The fraction of sp³-hybridized carbons (Fsp3) is 0.250. The summed E-state index contributed by atoms with van der Waals surface area (Å²) in [5, 5.41) is 2.50. The maximum absolute atomic E-state index is 12.6. The molecule has 3 rings (SSSR count). The van der Waals surface area contributed by atoms with Crippen molar-refractivity contribution in [3.63, 3.8) is 0 Å². The molecule has 0 aliphatic rings. The number of thiocarbonyl (C=S) groups is 1. The molecule has 0 heterocycles. The van der Waals surface area contributed by atoms with E-state index in [-0.39, 0.29) is 11.7 Å². The molecule has 3 aromatic rings. The van der Waals surface area contributed by atoms with Crippen LogP contribution < -0.4 is 25.6 Å². The number of carbonyl (C=O) groups excluding carboxylic acids is 2. The number of para-hydroxylation sites is 1. The van der Waals surface area contributed by atoms with E-state index in [4.69, 9.17) is 21.7 Å². The summed E-state index contributed by atoms with van der Waals surface area (Å²) in [6.07, 6.45) is 1.72. The Morgan fingerprint density at radius 3 is 2.44 bits per heavy atom. The van der Waals surface area contributed by atoms with Crippen molar-refractivity contribution >= 4 is 29.1 Å². The Bertz CT molecular complexity index is 1170.